The molecule has 0 aromatic heterocycles. The van der Waals surface area contributed by atoms with E-state index in [0.29, 0.717) is 0 Å². The molecule has 0 amide bonds. The maximum Gasteiger partial charge on any atom is 0.123 e. The Kier molecular flexibility index (Phi) is 4.86. The molecule has 0 aliphatic heterocycles. The molecule has 0 radical (unpaired) electrons. The first-order chi connectivity index (χ1) is 9.08. The van der Waals surface area contributed by atoms with Gasteiger partial charge in [0.2, 0.25) is 0 Å². The van der Waals surface area contributed by atoms with Crippen molar-refractivity contribution in [2.45, 2.75) is 23.6 Å². The zero-order valence-corrected chi connectivity index (χ0v) is 12.1. The van der Waals surface area contributed by atoms with Crippen molar-refractivity contribution in [3.05, 3.63) is 64.4 Å². The molecule has 0 saturated heterocycles. The minimum atomic E-state index is -0.255. The molecule has 100 valence electrons. The van der Waals surface area contributed by atoms with Crippen LogP contribution in [0.4, 0.5) is 4.39 Å². The first-order valence-corrected chi connectivity index (χ1v) is 7.35. The summed E-state index contributed by atoms with van der Waals surface area (Å²) in [7, 11) is 0. The number of thioether (sulfide) groups is 1. The SMILES string of the molecule is C[C@@H](N)c1cc(F)ccc1SCc1ccccc1Cl. The van der Waals surface area contributed by atoms with Crippen molar-refractivity contribution in [3.8, 4) is 0 Å². The minimum absolute atomic E-state index is 0.190. The lowest BCUT2D eigenvalue weighted by Crippen LogP contribution is -2.06. The highest BCUT2D eigenvalue weighted by Crippen LogP contribution is 2.31. The second kappa shape index (κ2) is 6.42. The number of hydrogen-bond donors (Lipinski definition) is 1. The molecule has 19 heavy (non-hydrogen) atoms. The van der Waals surface area contributed by atoms with Gasteiger partial charge in [-0.15, -0.1) is 11.8 Å². The summed E-state index contributed by atoms with van der Waals surface area (Å²) >= 11 is 7.74. The molecule has 0 unspecified atom stereocenters. The zero-order chi connectivity index (χ0) is 13.8. The van der Waals surface area contributed by atoms with E-state index in [0.717, 1.165) is 26.8 Å². The number of hydrogen-bond acceptors (Lipinski definition) is 2. The molecule has 4 heteroatoms. The Morgan fingerprint density at radius 3 is 2.68 bits per heavy atom. The molecule has 0 fully saturated rings. The van der Waals surface area contributed by atoms with Crippen molar-refractivity contribution in [3.63, 3.8) is 0 Å². The van der Waals surface area contributed by atoms with Crippen LogP contribution >= 0.6 is 23.4 Å². The van der Waals surface area contributed by atoms with Crippen LogP contribution in [0.25, 0.3) is 0 Å². The summed E-state index contributed by atoms with van der Waals surface area (Å²) in [5.41, 5.74) is 7.77. The predicted octanol–water partition coefficient (Wildman–Crippen LogP) is 4.79. The molecule has 0 heterocycles. The van der Waals surface area contributed by atoms with Crippen LogP contribution in [0.5, 0.6) is 0 Å². The third-order valence-electron chi connectivity index (χ3n) is 2.80. The van der Waals surface area contributed by atoms with Gasteiger partial charge in [-0.3, -0.25) is 0 Å². The second-order valence-corrected chi connectivity index (χ2v) is 5.78. The second-order valence-electron chi connectivity index (χ2n) is 4.35. The molecular weight excluding hydrogens is 281 g/mol. The van der Waals surface area contributed by atoms with E-state index in [-0.39, 0.29) is 11.9 Å². The van der Waals surface area contributed by atoms with Crippen LogP contribution in [0.15, 0.2) is 47.4 Å². The summed E-state index contributed by atoms with van der Waals surface area (Å²) in [5.74, 6) is 0.486. The Balaban J connectivity index is 2.18. The summed E-state index contributed by atoms with van der Waals surface area (Å²) in [6.07, 6.45) is 0. The lowest BCUT2D eigenvalue weighted by atomic mass is 10.1. The van der Waals surface area contributed by atoms with E-state index < -0.39 is 0 Å². The molecular formula is C15H15ClFNS. The minimum Gasteiger partial charge on any atom is -0.324 e. The maximum absolute atomic E-state index is 13.2. The van der Waals surface area contributed by atoms with E-state index in [2.05, 4.69) is 0 Å². The summed E-state index contributed by atoms with van der Waals surface area (Å²) in [5, 5.41) is 0.749. The van der Waals surface area contributed by atoms with Crippen molar-refractivity contribution in [1.82, 2.24) is 0 Å². The summed E-state index contributed by atoms with van der Waals surface area (Å²) < 4.78 is 13.2. The zero-order valence-electron chi connectivity index (χ0n) is 10.6. The Hall–Kier alpha value is -1.03. The van der Waals surface area contributed by atoms with Gasteiger partial charge in [0, 0.05) is 21.7 Å². The Morgan fingerprint density at radius 1 is 1.26 bits per heavy atom. The average molecular weight is 296 g/mol. The van der Waals surface area contributed by atoms with E-state index in [4.69, 9.17) is 17.3 Å². The van der Waals surface area contributed by atoms with E-state index in [9.17, 15) is 4.39 Å². The summed E-state index contributed by atoms with van der Waals surface area (Å²) in [6, 6.07) is 12.3. The molecule has 1 nitrogen and oxygen atoms in total. The van der Waals surface area contributed by atoms with Crippen molar-refractivity contribution >= 4 is 23.4 Å². The molecule has 0 bridgehead atoms. The van der Waals surface area contributed by atoms with Crippen molar-refractivity contribution < 1.29 is 4.39 Å². The van der Waals surface area contributed by atoms with Gasteiger partial charge in [0.15, 0.2) is 0 Å². The fourth-order valence-electron chi connectivity index (χ4n) is 1.78. The Morgan fingerprint density at radius 2 is 2.00 bits per heavy atom. The van der Waals surface area contributed by atoms with Crippen LogP contribution in [0.1, 0.15) is 24.1 Å². The highest BCUT2D eigenvalue weighted by molar-refractivity contribution is 7.98. The molecule has 2 aromatic carbocycles. The van der Waals surface area contributed by atoms with Gasteiger partial charge in [0.05, 0.1) is 0 Å². The molecule has 0 aliphatic rings. The van der Waals surface area contributed by atoms with Crippen LogP contribution in [0.3, 0.4) is 0 Å². The monoisotopic (exact) mass is 295 g/mol. The number of nitrogens with two attached hydrogens (primary N) is 1. The number of rotatable bonds is 4. The molecule has 2 N–H and O–H groups in total. The van der Waals surface area contributed by atoms with Gasteiger partial charge in [0.1, 0.15) is 5.82 Å². The normalized spacial score (nSPS) is 12.4. The van der Waals surface area contributed by atoms with Gasteiger partial charge in [-0.1, -0.05) is 29.8 Å². The van der Waals surface area contributed by atoms with Gasteiger partial charge < -0.3 is 5.73 Å². The van der Waals surface area contributed by atoms with Crippen LogP contribution in [0.2, 0.25) is 5.02 Å². The molecule has 0 saturated carbocycles. The molecule has 0 aliphatic carbocycles. The van der Waals surface area contributed by atoms with Gasteiger partial charge in [-0.2, -0.15) is 0 Å². The fourth-order valence-corrected chi connectivity index (χ4v) is 3.20. The standard InChI is InChI=1S/C15H15ClFNS/c1-10(18)13-8-12(17)6-7-15(13)19-9-11-4-2-3-5-14(11)16/h2-8,10H,9,18H2,1H3/t10-/m1/s1. The van der Waals surface area contributed by atoms with Crippen molar-refractivity contribution in [2.75, 3.05) is 0 Å². The first-order valence-electron chi connectivity index (χ1n) is 5.99. The van der Waals surface area contributed by atoms with Gasteiger partial charge in [-0.05, 0) is 42.3 Å². The molecule has 1 atom stereocenters. The smallest absolute Gasteiger partial charge is 0.123 e. The molecule has 2 rings (SSSR count). The largest absolute Gasteiger partial charge is 0.324 e. The topological polar surface area (TPSA) is 26.0 Å². The van der Waals surface area contributed by atoms with Crippen LogP contribution in [-0.4, -0.2) is 0 Å². The van der Waals surface area contributed by atoms with E-state index >= 15 is 0 Å². The highest BCUT2D eigenvalue weighted by atomic mass is 35.5. The van der Waals surface area contributed by atoms with Crippen LogP contribution in [0, 0.1) is 5.82 Å². The fraction of sp³-hybridized carbons (Fsp3) is 0.200. The first kappa shape index (κ1) is 14.4. The molecule has 2 aromatic rings. The third-order valence-corrected chi connectivity index (χ3v) is 4.31. The van der Waals surface area contributed by atoms with Crippen molar-refractivity contribution in [2.24, 2.45) is 5.73 Å². The average Bonchev–Trinajstić information content (AvgIpc) is 2.38. The van der Waals surface area contributed by atoms with E-state index in [1.54, 1.807) is 17.8 Å². The van der Waals surface area contributed by atoms with Crippen LogP contribution in [-0.2, 0) is 5.75 Å². The number of benzene rings is 2. The third kappa shape index (κ3) is 3.72. The van der Waals surface area contributed by atoms with Crippen LogP contribution < -0.4 is 5.73 Å². The Bertz CT molecular complexity index is 572. The predicted molar refractivity (Wildman–Crippen MR) is 80.0 cm³/mol. The lowest BCUT2D eigenvalue weighted by molar-refractivity contribution is 0.619. The Labute approximate surface area is 122 Å². The summed E-state index contributed by atoms with van der Waals surface area (Å²) in [6.45, 7) is 1.86. The quantitative estimate of drug-likeness (QED) is 0.821. The van der Waals surface area contributed by atoms with E-state index in [1.165, 1.54) is 12.1 Å². The molecule has 0 spiro atoms. The van der Waals surface area contributed by atoms with Gasteiger partial charge in [-0.25, -0.2) is 4.39 Å². The maximum atomic E-state index is 13.2. The lowest BCUT2D eigenvalue weighted by Gasteiger charge is -2.13. The van der Waals surface area contributed by atoms with Gasteiger partial charge >= 0.3 is 0 Å². The summed E-state index contributed by atoms with van der Waals surface area (Å²) in [4.78, 5) is 0.997. The number of halogens is 2. The van der Waals surface area contributed by atoms with Gasteiger partial charge in [0.25, 0.3) is 0 Å². The van der Waals surface area contributed by atoms with E-state index in [1.807, 2.05) is 31.2 Å². The highest BCUT2D eigenvalue weighted by Gasteiger charge is 2.09. The van der Waals surface area contributed by atoms with Crippen molar-refractivity contribution in [1.29, 1.82) is 0 Å².